The first-order valence-corrected chi connectivity index (χ1v) is 5.19. The number of nitrogens with two attached hydrogens (primary N) is 1. The van der Waals surface area contributed by atoms with E-state index in [1.54, 1.807) is 17.7 Å². The van der Waals surface area contributed by atoms with Gasteiger partial charge in [0.25, 0.3) is 5.56 Å². The predicted molar refractivity (Wildman–Crippen MR) is 65.4 cm³/mol. The average Bonchev–Trinajstić information content (AvgIpc) is 2.60. The summed E-state index contributed by atoms with van der Waals surface area (Å²) in [6, 6.07) is 4.11. The molecule has 0 radical (unpaired) electrons. The van der Waals surface area contributed by atoms with Crippen LogP contribution in [0.4, 0.5) is 4.39 Å². The number of hydrogen-bond donors (Lipinski definition) is 2. The van der Waals surface area contributed by atoms with Gasteiger partial charge in [-0.3, -0.25) is 4.79 Å². The minimum atomic E-state index is -0.732. The van der Waals surface area contributed by atoms with Crippen molar-refractivity contribution < 1.29 is 4.39 Å². The number of fused-ring (bicyclic) bond motifs is 3. The molecule has 0 saturated carbocycles. The van der Waals surface area contributed by atoms with E-state index < -0.39 is 17.1 Å². The molecule has 0 spiro atoms. The van der Waals surface area contributed by atoms with Gasteiger partial charge in [0, 0.05) is 12.4 Å². The highest BCUT2D eigenvalue weighted by atomic mass is 19.1. The second-order valence-corrected chi connectivity index (χ2v) is 4.05. The largest absolute Gasteiger partial charge is 0.347 e. The summed E-state index contributed by atoms with van der Waals surface area (Å²) in [6.07, 6.45) is 0. The fourth-order valence-corrected chi connectivity index (χ4v) is 2.17. The molecule has 0 amide bonds. The van der Waals surface area contributed by atoms with Crippen molar-refractivity contribution in [2.75, 3.05) is 5.84 Å². The lowest BCUT2D eigenvalue weighted by Crippen LogP contribution is -2.40. The van der Waals surface area contributed by atoms with E-state index in [1.165, 1.54) is 12.1 Å². The number of aromatic amines is 1. The van der Waals surface area contributed by atoms with Crippen molar-refractivity contribution in [2.24, 2.45) is 7.05 Å². The highest BCUT2D eigenvalue weighted by Crippen LogP contribution is 2.24. The maximum Gasteiger partial charge on any atom is 0.347 e. The minimum Gasteiger partial charge on any atom is -0.338 e. The van der Waals surface area contributed by atoms with Crippen LogP contribution in [0.25, 0.3) is 21.9 Å². The van der Waals surface area contributed by atoms with Gasteiger partial charge in [0.2, 0.25) is 0 Å². The van der Waals surface area contributed by atoms with E-state index in [-0.39, 0.29) is 5.52 Å². The summed E-state index contributed by atoms with van der Waals surface area (Å²) in [7, 11) is 1.66. The summed E-state index contributed by atoms with van der Waals surface area (Å²) in [6.45, 7) is 0. The predicted octanol–water partition coefficient (Wildman–Crippen LogP) is 0.0344. The summed E-state index contributed by atoms with van der Waals surface area (Å²) in [5, 5.41) is 0.474. The number of benzene rings is 1. The number of aryl methyl sites for hydroxylation is 1. The van der Waals surface area contributed by atoms with Crippen LogP contribution >= 0.6 is 0 Å². The number of H-pyrrole nitrogens is 1. The van der Waals surface area contributed by atoms with Gasteiger partial charge in [-0.25, -0.2) is 9.18 Å². The van der Waals surface area contributed by atoms with Crippen LogP contribution in [0.1, 0.15) is 0 Å². The van der Waals surface area contributed by atoms with Gasteiger partial charge in [-0.05, 0) is 18.2 Å². The van der Waals surface area contributed by atoms with Crippen LogP contribution in [-0.2, 0) is 7.05 Å². The summed E-state index contributed by atoms with van der Waals surface area (Å²) in [5.74, 6) is 4.90. The number of nitrogen functional groups attached to an aromatic ring is 1. The molecule has 0 aliphatic carbocycles. The van der Waals surface area contributed by atoms with Gasteiger partial charge < -0.3 is 15.4 Å². The number of rotatable bonds is 0. The molecule has 2 heterocycles. The van der Waals surface area contributed by atoms with Gasteiger partial charge in [0.1, 0.15) is 11.3 Å². The van der Waals surface area contributed by atoms with Crippen LogP contribution in [0.15, 0.2) is 27.8 Å². The van der Waals surface area contributed by atoms with Crippen LogP contribution in [0.2, 0.25) is 0 Å². The molecule has 0 aliphatic rings. The van der Waals surface area contributed by atoms with Crippen LogP contribution in [0, 0.1) is 5.82 Å². The first kappa shape index (κ1) is 10.6. The third-order valence-electron chi connectivity index (χ3n) is 3.03. The van der Waals surface area contributed by atoms with Crippen molar-refractivity contribution >= 4 is 21.9 Å². The molecule has 0 unspecified atom stereocenters. The Labute approximate surface area is 99.0 Å². The fourth-order valence-electron chi connectivity index (χ4n) is 2.17. The van der Waals surface area contributed by atoms with Crippen LogP contribution in [-0.4, -0.2) is 14.2 Å². The normalized spacial score (nSPS) is 11.4. The van der Waals surface area contributed by atoms with E-state index in [0.717, 1.165) is 0 Å². The molecule has 1 aromatic carbocycles. The van der Waals surface area contributed by atoms with Crippen LogP contribution in [0.5, 0.6) is 0 Å². The molecule has 3 rings (SSSR count). The summed E-state index contributed by atoms with van der Waals surface area (Å²) in [5.41, 5.74) is -0.177. The van der Waals surface area contributed by atoms with Gasteiger partial charge in [0.15, 0.2) is 0 Å². The first-order valence-electron chi connectivity index (χ1n) is 5.19. The Hall–Kier alpha value is -2.57. The molecule has 2 aromatic heterocycles. The summed E-state index contributed by atoms with van der Waals surface area (Å²) in [4.78, 5) is 25.9. The molecule has 0 fully saturated rings. The van der Waals surface area contributed by atoms with E-state index in [9.17, 15) is 14.0 Å². The summed E-state index contributed by atoms with van der Waals surface area (Å²) < 4.78 is 15.3. The molecular weight excluding hydrogens is 239 g/mol. The molecule has 6 nitrogen and oxygen atoms in total. The lowest BCUT2D eigenvalue weighted by atomic mass is 10.2. The fraction of sp³-hybridized carbons (Fsp3) is 0.0909. The lowest BCUT2D eigenvalue weighted by Gasteiger charge is -1.98. The van der Waals surface area contributed by atoms with Gasteiger partial charge >= 0.3 is 5.69 Å². The van der Waals surface area contributed by atoms with Crippen molar-refractivity contribution in [3.8, 4) is 0 Å². The zero-order chi connectivity index (χ0) is 13.0. The number of halogens is 1. The third-order valence-corrected chi connectivity index (χ3v) is 3.03. The molecule has 7 heteroatoms. The molecule has 0 bridgehead atoms. The van der Waals surface area contributed by atoms with E-state index in [4.69, 9.17) is 5.84 Å². The minimum absolute atomic E-state index is 0.234. The summed E-state index contributed by atoms with van der Waals surface area (Å²) >= 11 is 0. The van der Waals surface area contributed by atoms with Crippen molar-refractivity contribution in [2.45, 2.75) is 0 Å². The molecule has 18 heavy (non-hydrogen) atoms. The average molecular weight is 248 g/mol. The Morgan fingerprint density at radius 3 is 2.78 bits per heavy atom. The maximum atomic E-state index is 13.2. The topological polar surface area (TPSA) is 85.8 Å². The Morgan fingerprint density at radius 2 is 2.06 bits per heavy atom. The molecule has 3 aromatic rings. The zero-order valence-corrected chi connectivity index (χ0v) is 9.40. The second-order valence-electron chi connectivity index (χ2n) is 4.05. The van der Waals surface area contributed by atoms with Crippen LogP contribution in [0.3, 0.4) is 0 Å². The second kappa shape index (κ2) is 3.22. The molecule has 3 N–H and O–H groups in total. The van der Waals surface area contributed by atoms with Gasteiger partial charge in [0.05, 0.1) is 11.0 Å². The van der Waals surface area contributed by atoms with E-state index in [1.807, 2.05) is 0 Å². The SMILES string of the molecule is Cn1c2ccc(F)cc2c2[nH]c(=O)n(N)c(=O)c21. The molecule has 92 valence electrons. The van der Waals surface area contributed by atoms with E-state index in [2.05, 4.69) is 4.98 Å². The quantitative estimate of drug-likeness (QED) is 0.550. The number of aromatic nitrogens is 3. The number of nitrogens with zero attached hydrogens (tertiary/aromatic N) is 2. The Kier molecular flexibility index (Phi) is 1.89. The molecule has 0 atom stereocenters. The third kappa shape index (κ3) is 1.15. The number of nitrogens with one attached hydrogen (secondary N) is 1. The Balaban J connectivity index is 2.74. The van der Waals surface area contributed by atoms with Gasteiger partial charge in [-0.1, -0.05) is 0 Å². The lowest BCUT2D eigenvalue weighted by molar-refractivity contribution is 0.629. The van der Waals surface area contributed by atoms with Crippen molar-refractivity contribution in [3.05, 3.63) is 44.9 Å². The van der Waals surface area contributed by atoms with E-state index >= 15 is 0 Å². The molecular formula is C11H9FN4O2. The van der Waals surface area contributed by atoms with Crippen molar-refractivity contribution in [1.82, 2.24) is 14.2 Å². The van der Waals surface area contributed by atoms with E-state index in [0.29, 0.717) is 21.1 Å². The monoisotopic (exact) mass is 248 g/mol. The highest BCUT2D eigenvalue weighted by Gasteiger charge is 2.15. The van der Waals surface area contributed by atoms with Gasteiger partial charge in [-0.2, -0.15) is 4.68 Å². The molecule has 0 aliphatic heterocycles. The zero-order valence-electron chi connectivity index (χ0n) is 9.40. The maximum absolute atomic E-state index is 13.2. The van der Waals surface area contributed by atoms with Gasteiger partial charge in [-0.15, -0.1) is 0 Å². The van der Waals surface area contributed by atoms with Crippen molar-refractivity contribution in [3.63, 3.8) is 0 Å². The Morgan fingerprint density at radius 1 is 1.33 bits per heavy atom. The Bertz CT molecular complexity index is 903. The van der Waals surface area contributed by atoms with Crippen LogP contribution < -0.4 is 17.1 Å². The highest BCUT2D eigenvalue weighted by molar-refractivity contribution is 6.05. The van der Waals surface area contributed by atoms with Crippen molar-refractivity contribution in [1.29, 1.82) is 0 Å². The first-order chi connectivity index (χ1) is 8.50. The molecule has 0 saturated heterocycles. The number of hydrogen-bond acceptors (Lipinski definition) is 3. The standard InChI is InChI=1S/C11H9FN4O2/c1-15-7-3-2-5(12)4-6(7)8-9(15)10(17)16(13)11(18)14-8/h2-4H,13H2,1H3,(H,14,18). The smallest absolute Gasteiger partial charge is 0.338 e.